The zero-order valence-corrected chi connectivity index (χ0v) is 13.2. The predicted molar refractivity (Wildman–Crippen MR) is 77.0 cm³/mol. The fraction of sp³-hybridized carbons (Fsp3) is 0.462. The van der Waals surface area contributed by atoms with Crippen LogP contribution in [0.1, 0.15) is 11.6 Å². The molecule has 0 aliphatic carbocycles. The number of hydrogen-bond donors (Lipinski definition) is 1. The van der Waals surface area contributed by atoms with Gasteiger partial charge in [-0.05, 0) is 6.07 Å². The minimum Gasteiger partial charge on any atom is -0.497 e. The van der Waals surface area contributed by atoms with Crippen LogP contribution in [0.2, 0.25) is 0 Å². The molecule has 0 saturated carbocycles. The maximum Gasteiger partial charge on any atom is 0.331 e. The van der Waals surface area contributed by atoms with Gasteiger partial charge >= 0.3 is 5.97 Å². The van der Waals surface area contributed by atoms with Crippen molar-refractivity contribution in [1.82, 2.24) is 0 Å². The number of hydrogen-bond acceptors (Lipinski definition) is 6. The van der Waals surface area contributed by atoms with E-state index in [0.717, 1.165) is 10.0 Å². The standard InChI is InChI=1S/C13H18BrNO5/c1-17-8-4-9(14)13(11(5-8)18-2)10(15)6-20-7-12(16)19-3/h4-5,10H,6-7,15H2,1-3H3. The molecular weight excluding hydrogens is 330 g/mol. The van der Waals surface area contributed by atoms with Gasteiger partial charge in [-0.3, -0.25) is 0 Å². The van der Waals surface area contributed by atoms with Crippen LogP contribution < -0.4 is 15.2 Å². The van der Waals surface area contributed by atoms with Crippen molar-refractivity contribution in [3.63, 3.8) is 0 Å². The molecule has 0 saturated heterocycles. The van der Waals surface area contributed by atoms with Crippen LogP contribution >= 0.6 is 15.9 Å². The van der Waals surface area contributed by atoms with E-state index in [0.29, 0.717) is 11.5 Å². The molecule has 1 aromatic rings. The van der Waals surface area contributed by atoms with Crippen LogP contribution in [-0.2, 0) is 14.3 Å². The summed E-state index contributed by atoms with van der Waals surface area (Å²) in [4.78, 5) is 11.0. The summed E-state index contributed by atoms with van der Waals surface area (Å²) in [5, 5.41) is 0. The molecule has 0 amide bonds. The second kappa shape index (κ2) is 8.08. The lowest BCUT2D eigenvalue weighted by Crippen LogP contribution is -2.21. The molecule has 0 aliphatic heterocycles. The highest BCUT2D eigenvalue weighted by Crippen LogP contribution is 2.35. The molecule has 1 atom stereocenters. The van der Waals surface area contributed by atoms with E-state index >= 15 is 0 Å². The first-order valence-electron chi connectivity index (χ1n) is 5.85. The molecule has 0 aliphatic rings. The summed E-state index contributed by atoms with van der Waals surface area (Å²) in [6.07, 6.45) is 0. The number of carbonyl (C=O) groups excluding carboxylic acids is 1. The average Bonchev–Trinajstić information content (AvgIpc) is 2.45. The van der Waals surface area contributed by atoms with Gasteiger partial charge in [0.2, 0.25) is 0 Å². The molecule has 1 unspecified atom stereocenters. The summed E-state index contributed by atoms with van der Waals surface area (Å²) >= 11 is 3.43. The number of methoxy groups -OCH3 is 3. The minimum absolute atomic E-state index is 0.139. The van der Waals surface area contributed by atoms with E-state index in [-0.39, 0.29) is 13.2 Å². The van der Waals surface area contributed by atoms with Gasteiger partial charge in [-0.2, -0.15) is 0 Å². The summed E-state index contributed by atoms with van der Waals surface area (Å²) in [5.74, 6) is 0.795. The fourth-order valence-corrected chi connectivity index (χ4v) is 2.34. The fourth-order valence-electron chi connectivity index (χ4n) is 1.63. The van der Waals surface area contributed by atoms with Crippen LogP contribution in [0.3, 0.4) is 0 Å². The molecule has 0 radical (unpaired) electrons. The van der Waals surface area contributed by atoms with Gasteiger partial charge in [-0.25, -0.2) is 4.79 Å². The Kier molecular flexibility index (Phi) is 6.77. The molecule has 6 nitrogen and oxygen atoms in total. The van der Waals surface area contributed by atoms with E-state index in [1.54, 1.807) is 26.4 Å². The zero-order chi connectivity index (χ0) is 15.1. The van der Waals surface area contributed by atoms with Crippen LogP contribution in [0.25, 0.3) is 0 Å². The van der Waals surface area contributed by atoms with Crippen LogP contribution in [0.4, 0.5) is 0 Å². The first-order valence-corrected chi connectivity index (χ1v) is 6.64. The number of halogens is 1. The smallest absolute Gasteiger partial charge is 0.331 e. The Labute approximate surface area is 126 Å². The second-order valence-corrected chi connectivity index (χ2v) is 4.78. The van der Waals surface area contributed by atoms with E-state index in [1.807, 2.05) is 0 Å². The highest BCUT2D eigenvalue weighted by molar-refractivity contribution is 9.10. The number of esters is 1. The Hall–Kier alpha value is -1.31. The van der Waals surface area contributed by atoms with E-state index in [1.165, 1.54) is 7.11 Å². The summed E-state index contributed by atoms with van der Waals surface area (Å²) in [6.45, 7) is 0.0245. The molecule has 112 valence electrons. The number of carbonyl (C=O) groups is 1. The lowest BCUT2D eigenvalue weighted by molar-refractivity contribution is -0.146. The van der Waals surface area contributed by atoms with Crippen LogP contribution in [0.5, 0.6) is 11.5 Å². The Morgan fingerprint density at radius 1 is 1.30 bits per heavy atom. The Balaban J connectivity index is 2.81. The van der Waals surface area contributed by atoms with Crippen molar-refractivity contribution in [3.05, 3.63) is 22.2 Å². The molecule has 0 aromatic heterocycles. The molecule has 2 N–H and O–H groups in total. The largest absolute Gasteiger partial charge is 0.497 e. The second-order valence-electron chi connectivity index (χ2n) is 3.92. The predicted octanol–water partition coefficient (Wildman–Crippen LogP) is 1.66. The molecule has 7 heteroatoms. The number of nitrogens with two attached hydrogens (primary N) is 1. The SMILES string of the molecule is COC(=O)COCC(N)c1c(Br)cc(OC)cc1OC. The molecule has 0 bridgehead atoms. The van der Waals surface area contributed by atoms with Crippen molar-refractivity contribution in [2.24, 2.45) is 5.73 Å². The quantitative estimate of drug-likeness (QED) is 0.755. The number of ether oxygens (including phenoxy) is 4. The zero-order valence-electron chi connectivity index (χ0n) is 11.6. The van der Waals surface area contributed by atoms with Gasteiger partial charge in [0, 0.05) is 16.1 Å². The van der Waals surface area contributed by atoms with E-state index < -0.39 is 12.0 Å². The lowest BCUT2D eigenvalue weighted by Gasteiger charge is -2.18. The van der Waals surface area contributed by atoms with Crippen molar-refractivity contribution >= 4 is 21.9 Å². The topological polar surface area (TPSA) is 80.0 Å². The first-order chi connectivity index (χ1) is 9.53. The molecule has 1 rings (SSSR count). The summed E-state index contributed by atoms with van der Waals surface area (Å²) in [6, 6.07) is 3.08. The van der Waals surface area contributed by atoms with Crippen LogP contribution in [0, 0.1) is 0 Å². The van der Waals surface area contributed by atoms with Crippen molar-refractivity contribution in [1.29, 1.82) is 0 Å². The highest BCUT2D eigenvalue weighted by Gasteiger charge is 2.18. The highest BCUT2D eigenvalue weighted by atomic mass is 79.9. The number of rotatable bonds is 7. The minimum atomic E-state index is -0.449. The van der Waals surface area contributed by atoms with Gasteiger partial charge in [-0.1, -0.05) is 15.9 Å². The molecule has 20 heavy (non-hydrogen) atoms. The summed E-state index contributed by atoms with van der Waals surface area (Å²) in [5.41, 5.74) is 6.81. The molecule has 0 fully saturated rings. The summed E-state index contributed by atoms with van der Waals surface area (Å²) < 4.78 is 20.9. The van der Waals surface area contributed by atoms with Crippen molar-refractivity contribution < 1.29 is 23.7 Å². The van der Waals surface area contributed by atoms with Gasteiger partial charge in [-0.15, -0.1) is 0 Å². The van der Waals surface area contributed by atoms with Gasteiger partial charge in [0.15, 0.2) is 0 Å². The van der Waals surface area contributed by atoms with Gasteiger partial charge in [0.05, 0.1) is 34.0 Å². The molecular formula is C13H18BrNO5. The Morgan fingerprint density at radius 3 is 2.55 bits per heavy atom. The van der Waals surface area contributed by atoms with Crippen molar-refractivity contribution in [2.75, 3.05) is 34.5 Å². The van der Waals surface area contributed by atoms with Gasteiger partial charge in [0.25, 0.3) is 0 Å². The third-order valence-corrected chi connectivity index (χ3v) is 3.29. The maximum absolute atomic E-state index is 11.0. The summed E-state index contributed by atoms with van der Waals surface area (Å²) in [7, 11) is 4.42. The van der Waals surface area contributed by atoms with Gasteiger partial charge in [0.1, 0.15) is 18.1 Å². The average molecular weight is 348 g/mol. The van der Waals surface area contributed by atoms with Crippen molar-refractivity contribution in [3.8, 4) is 11.5 Å². The normalized spacial score (nSPS) is 11.8. The van der Waals surface area contributed by atoms with E-state index in [9.17, 15) is 4.79 Å². The molecule has 1 aromatic carbocycles. The maximum atomic E-state index is 11.0. The Bertz CT molecular complexity index is 466. The third-order valence-electron chi connectivity index (χ3n) is 2.64. The number of benzene rings is 1. The van der Waals surface area contributed by atoms with E-state index in [4.69, 9.17) is 19.9 Å². The molecule has 0 heterocycles. The van der Waals surface area contributed by atoms with Crippen LogP contribution in [-0.4, -0.2) is 40.5 Å². The van der Waals surface area contributed by atoms with E-state index in [2.05, 4.69) is 20.7 Å². The van der Waals surface area contributed by atoms with Crippen molar-refractivity contribution in [2.45, 2.75) is 6.04 Å². The Morgan fingerprint density at radius 2 is 2.00 bits per heavy atom. The monoisotopic (exact) mass is 347 g/mol. The first kappa shape index (κ1) is 16.7. The van der Waals surface area contributed by atoms with Gasteiger partial charge < -0.3 is 24.7 Å². The lowest BCUT2D eigenvalue weighted by atomic mass is 10.1. The molecule has 0 spiro atoms. The van der Waals surface area contributed by atoms with Crippen LogP contribution in [0.15, 0.2) is 16.6 Å². The third kappa shape index (κ3) is 4.36.